The molecular weight excluding hydrogens is 321 g/mol. The molecule has 3 rings (SSSR count). The molecule has 0 unspecified atom stereocenters. The second-order valence-electron chi connectivity index (χ2n) is 6.51. The van der Waals surface area contributed by atoms with Gasteiger partial charge in [0.25, 0.3) is 5.56 Å². The van der Waals surface area contributed by atoms with Gasteiger partial charge in [0.1, 0.15) is 5.82 Å². The number of carbonyl (C=O) groups excluding carboxylic acids is 1. The van der Waals surface area contributed by atoms with E-state index in [1.165, 1.54) is 12.1 Å². The minimum atomic E-state index is -0.299. The summed E-state index contributed by atoms with van der Waals surface area (Å²) in [5.41, 5.74) is 2.83. The highest BCUT2D eigenvalue weighted by Gasteiger charge is 2.30. The summed E-state index contributed by atoms with van der Waals surface area (Å²) in [5.74, 6) is -0.299. The van der Waals surface area contributed by atoms with Gasteiger partial charge in [-0.15, -0.1) is 0 Å². The number of likely N-dealkylation sites (tertiary alicyclic amines) is 1. The van der Waals surface area contributed by atoms with Gasteiger partial charge in [0.15, 0.2) is 0 Å². The minimum Gasteiger partial charge on any atom is -0.334 e. The second kappa shape index (κ2) is 7.09. The number of rotatable bonds is 3. The third kappa shape index (κ3) is 3.73. The van der Waals surface area contributed by atoms with E-state index >= 15 is 0 Å². The van der Waals surface area contributed by atoms with Crippen LogP contribution in [0.25, 0.3) is 0 Å². The molecule has 0 aliphatic carbocycles. The zero-order valence-electron chi connectivity index (χ0n) is 14.4. The number of amides is 2. The highest BCUT2D eigenvalue weighted by atomic mass is 19.1. The van der Waals surface area contributed by atoms with Crippen LogP contribution < -0.4 is 10.9 Å². The monoisotopic (exact) mass is 343 g/mol. The average molecular weight is 343 g/mol. The van der Waals surface area contributed by atoms with Gasteiger partial charge in [-0.25, -0.2) is 9.18 Å². The Balaban J connectivity index is 1.72. The molecule has 25 heavy (non-hydrogen) atoms. The third-order valence-electron chi connectivity index (χ3n) is 4.66. The maximum absolute atomic E-state index is 13.5. The number of urea groups is 1. The Morgan fingerprint density at radius 3 is 2.88 bits per heavy atom. The fourth-order valence-electron chi connectivity index (χ4n) is 3.44. The van der Waals surface area contributed by atoms with E-state index in [4.69, 9.17) is 0 Å². The number of halogens is 1. The molecular formula is C19H22FN3O2. The molecule has 1 aliphatic rings. The van der Waals surface area contributed by atoms with Gasteiger partial charge in [-0.1, -0.05) is 12.1 Å². The number of aryl methyl sites for hydroxylation is 2. The van der Waals surface area contributed by atoms with Crippen molar-refractivity contribution in [1.82, 2.24) is 15.2 Å². The summed E-state index contributed by atoms with van der Waals surface area (Å²) in [6.45, 7) is 4.47. The van der Waals surface area contributed by atoms with Crippen molar-refractivity contribution in [3.05, 3.63) is 68.9 Å². The van der Waals surface area contributed by atoms with Gasteiger partial charge in [-0.05, 0) is 56.0 Å². The smallest absolute Gasteiger partial charge is 0.318 e. The Bertz CT molecular complexity index is 847. The molecule has 5 nitrogen and oxygen atoms in total. The fraction of sp³-hybridized carbons (Fsp3) is 0.368. The first-order valence-electron chi connectivity index (χ1n) is 8.45. The van der Waals surface area contributed by atoms with Gasteiger partial charge in [-0.3, -0.25) is 4.79 Å². The number of nitrogens with one attached hydrogen (secondary N) is 2. The van der Waals surface area contributed by atoms with Gasteiger partial charge < -0.3 is 15.2 Å². The van der Waals surface area contributed by atoms with Crippen molar-refractivity contribution in [2.45, 2.75) is 39.3 Å². The van der Waals surface area contributed by atoms with Crippen molar-refractivity contribution in [3.63, 3.8) is 0 Å². The first-order valence-corrected chi connectivity index (χ1v) is 8.45. The van der Waals surface area contributed by atoms with Crippen LogP contribution in [0.1, 0.15) is 41.3 Å². The molecule has 0 bridgehead atoms. The zero-order valence-corrected chi connectivity index (χ0v) is 14.4. The number of hydrogen-bond acceptors (Lipinski definition) is 2. The molecule has 1 aromatic carbocycles. The quantitative estimate of drug-likeness (QED) is 0.899. The van der Waals surface area contributed by atoms with Crippen LogP contribution in [0, 0.1) is 19.7 Å². The van der Waals surface area contributed by atoms with Gasteiger partial charge >= 0.3 is 6.03 Å². The molecule has 2 aromatic rings. The highest BCUT2D eigenvalue weighted by molar-refractivity contribution is 5.75. The van der Waals surface area contributed by atoms with Crippen molar-refractivity contribution < 1.29 is 9.18 Å². The Hall–Kier alpha value is -2.63. The highest BCUT2D eigenvalue weighted by Crippen LogP contribution is 2.32. The van der Waals surface area contributed by atoms with E-state index in [2.05, 4.69) is 10.3 Å². The largest absolute Gasteiger partial charge is 0.334 e. The number of aromatic amines is 1. The molecule has 6 heteroatoms. The molecule has 1 atom stereocenters. The van der Waals surface area contributed by atoms with Crippen LogP contribution in [0.15, 0.2) is 35.1 Å². The molecule has 0 spiro atoms. The summed E-state index contributed by atoms with van der Waals surface area (Å²) in [5, 5.41) is 2.83. The molecule has 132 valence electrons. The van der Waals surface area contributed by atoms with Crippen LogP contribution in [0.4, 0.5) is 9.18 Å². The predicted molar refractivity (Wildman–Crippen MR) is 93.9 cm³/mol. The SMILES string of the molecule is Cc1cc(C)c(CNC(=O)N2CCC[C@@H]2c2cccc(F)c2)c(=O)[nH]1. The van der Waals surface area contributed by atoms with Gasteiger partial charge in [0, 0.05) is 17.8 Å². The van der Waals surface area contributed by atoms with Crippen LogP contribution >= 0.6 is 0 Å². The summed E-state index contributed by atoms with van der Waals surface area (Å²) in [6, 6.07) is 7.90. The molecule has 1 aliphatic heterocycles. The molecule has 1 fully saturated rings. The van der Waals surface area contributed by atoms with Gasteiger partial charge in [0.05, 0.1) is 12.6 Å². The lowest BCUT2D eigenvalue weighted by Gasteiger charge is -2.25. The number of nitrogens with zero attached hydrogens (tertiary/aromatic N) is 1. The first kappa shape index (κ1) is 17.2. The summed E-state index contributed by atoms with van der Waals surface area (Å²) in [4.78, 5) is 29.1. The molecule has 1 aromatic heterocycles. The van der Waals surface area contributed by atoms with E-state index < -0.39 is 0 Å². The molecule has 0 saturated carbocycles. The zero-order chi connectivity index (χ0) is 18.0. The van der Waals surface area contributed by atoms with E-state index in [9.17, 15) is 14.0 Å². The van der Waals surface area contributed by atoms with Crippen LogP contribution in [0.3, 0.4) is 0 Å². The van der Waals surface area contributed by atoms with E-state index in [1.807, 2.05) is 26.0 Å². The molecule has 1 saturated heterocycles. The minimum absolute atomic E-state index is 0.131. The normalized spacial score (nSPS) is 16.9. The van der Waals surface area contributed by atoms with E-state index in [0.29, 0.717) is 12.1 Å². The van der Waals surface area contributed by atoms with Crippen molar-refractivity contribution >= 4 is 6.03 Å². The standard InChI is InChI=1S/C19H22FN3O2/c1-12-9-13(2)22-18(24)16(12)11-21-19(25)23-8-4-7-17(23)14-5-3-6-15(20)10-14/h3,5-6,9-10,17H,4,7-8,11H2,1-2H3,(H,21,25)(H,22,24)/t17-/m1/s1. The van der Waals surface area contributed by atoms with Crippen LogP contribution in [0.5, 0.6) is 0 Å². The van der Waals surface area contributed by atoms with Gasteiger partial charge in [-0.2, -0.15) is 0 Å². The van der Waals surface area contributed by atoms with Crippen molar-refractivity contribution in [2.75, 3.05) is 6.54 Å². The Labute approximate surface area is 145 Å². The number of aromatic nitrogens is 1. The van der Waals surface area contributed by atoms with Crippen molar-refractivity contribution in [3.8, 4) is 0 Å². The maximum atomic E-state index is 13.5. The first-order chi connectivity index (χ1) is 12.0. The lowest BCUT2D eigenvalue weighted by molar-refractivity contribution is 0.192. The maximum Gasteiger partial charge on any atom is 0.318 e. The topological polar surface area (TPSA) is 65.2 Å². The summed E-state index contributed by atoms with van der Waals surface area (Å²) < 4.78 is 13.5. The van der Waals surface area contributed by atoms with Crippen LogP contribution in [-0.2, 0) is 6.54 Å². The van der Waals surface area contributed by atoms with E-state index in [1.54, 1.807) is 11.0 Å². The lowest BCUT2D eigenvalue weighted by Crippen LogP contribution is -2.40. The van der Waals surface area contributed by atoms with E-state index in [0.717, 1.165) is 29.7 Å². The number of carbonyl (C=O) groups is 1. The molecule has 2 amide bonds. The lowest BCUT2D eigenvalue weighted by atomic mass is 10.0. The Morgan fingerprint density at radius 2 is 2.16 bits per heavy atom. The Kier molecular flexibility index (Phi) is 4.88. The second-order valence-corrected chi connectivity index (χ2v) is 6.51. The third-order valence-corrected chi connectivity index (χ3v) is 4.66. The summed E-state index contributed by atoms with van der Waals surface area (Å²) in [7, 11) is 0. The number of pyridine rings is 1. The van der Waals surface area contributed by atoms with E-state index in [-0.39, 0.29) is 30.0 Å². The molecule has 2 heterocycles. The van der Waals surface area contributed by atoms with Crippen molar-refractivity contribution in [2.24, 2.45) is 0 Å². The fourth-order valence-corrected chi connectivity index (χ4v) is 3.44. The van der Waals surface area contributed by atoms with Crippen molar-refractivity contribution in [1.29, 1.82) is 0 Å². The van der Waals surface area contributed by atoms with Gasteiger partial charge in [0.2, 0.25) is 0 Å². The number of benzene rings is 1. The average Bonchev–Trinajstić information content (AvgIpc) is 3.03. The summed E-state index contributed by atoms with van der Waals surface area (Å²) >= 11 is 0. The molecule has 2 N–H and O–H groups in total. The number of hydrogen-bond donors (Lipinski definition) is 2. The predicted octanol–water partition coefficient (Wildman–Crippen LogP) is 3.18. The van der Waals surface area contributed by atoms with Crippen LogP contribution in [0.2, 0.25) is 0 Å². The molecule has 0 radical (unpaired) electrons. The van der Waals surface area contributed by atoms with Crippen LogP contribution in [-0.4, -0.2) is 22.5 Å². The Morgan fingerprint density at radius 1 is 1.36 bits per heavy atom. The summed E-state index contributed by atoms with van der Waals surface area (Å²) in [6.07, 6.45) is 1.68. The number of H-pyrrole nitrogens is 1.